The monoisotopic (exact) mass is 301 g/mol. The number of hydrogen-bond donors (Lipinski definition) is 1. The molecule has 0 atom stereocenters. The third-order valence-electron chi connectivity index (χ3n) is 3.38. The minimum Gasteiger partial charge on any atom is -0.493 e. The lowest BCUT2D eigenvalue weighted by Gasteiger charge is -2.13. The van der Waals surface area contributed by atoms with Gasteiger partial charge in [-0.2, -0.15) is 0 Å². The van der Waals surface area contributed by atoms with Gasteiger partial charge < -0.3 is 19.9 Å². The van der Waals surface area contributed by atoms with Crippen LogP contribution in [-0.2, 0) is 6.61 Å². The average molecular weight is 301 g/mol. The Bertz CT molecular complexity index is 665. The predicted octanol–water partition coefficient (Wildman–Crippen LogP) is 2.69. The van der Waals surface area contributed by atoms with Crippen LogP contribution in [-0.4, -0.2) is 20.1 Å². The van der Waals surface area contributed by atoms with E-state index >= 15 is 0 Å². The molecule has 2 aromatic rings. The second-order valence-corrected chi connectivity index (χ2v) is 4.81. The molecule has 0 aliphatic heterocycles. The normalized spacial score (nSPS) is 10.1. The highest BCUT2D eigenvalue weighted by Crippen LogP contribution is 2.30. The maximum Gasteiger partial charge on any atom is 0.248 e. The van der Waals surface area contributed by atoms with Crippen molar-refractivity contribution in [1.29, 1.82) is 0 Å². The summed E-state index contributed by atoms with van der Waals surface area (Å²) in [7, 11) is 3.20. The number of amides is 1. The maximum atomic E-state index is 11.0. The number of nitrogens with two attached hydrogens (primary N) is 1. The van der Waals surface area contributed by atoms with Crippen LogP contribution in [0, 0.1) is 6.92 Å². The smallest absolute Gasteiger partial charge is 0.248 e. The van der Waals surface area contributed by atoms with Crippen LogP contribution in [0.1, 0.15) is 21.5 Å². The standard InChI is InChI=1S/C17H19NO4/c1-11-8-15(20-2)16(21-3)9-13(11)10-22-14-6-4-12(5-7-14)17(18)19/h4-9H,10H2,1-3H3,(H2,18,19). The first-order valence-corrected chi connectivity index (χ1v) is 6.79. The van der Waals surface area contributed by atoms with E-state index in [9.17, 15) is 4.79 Å². The van der Waals surface area contributed by atoms with Crippen molar-refractivity contribution < 1.29 is 19.0 Å². The zero-order valence-electron chi connectivity index (χ0n) is 12.9. The summed E-state index contributed by atoms with van der Waals surface area (Å²) in [5.41, 5.74) is 7.70. The Hall–Kier alpha value is -2.69. The first-order chi connectivity index (χ1) is 10.5. The summed E-state index contributed by atoms with van der Waals surface area (Å²) in [6.45, 7) is 2.37. The van der Waals surface area contributed by atoms with Gasteiger partial charge in [0.1, 0.15) is 12.4 Å². The summed E-state index contributed by atoms with van der Waals surface area (Å²) >= 11 is 0. The molecule has 5 nitrogen and oxygen atoms in total. The van der Waals surface area contributed by atoms with Gasteiger partial charge in [0.15, 0.2) is 11.5 Å². The first kappa shape index (κ1) is 15.7. The van der Waals surface area contributed by atoms with Gasteiger partial charge in [-0.15, -0.1) is 0 Å². The van der Waals surface area contributed by atoms with Gasteiger partial charge in [0, 0.05) is 5.56 Å². The van der Waals surface area contributed by atoms with Gasteiger partial charge >= 0.3 is 0 Å². The molecule has 0 bridgehead atoms. The number of methoxy groups -OCH3 is 2. The molecule has 0 fully saturated rings. The van der Waals surface area contributed by atoms with Gasteiger partial charge in [-0.3, -0.25) is 4.79 Å². The van der Waals surface area contributed by atoms with Crippen LogP contribution in [0.25, 0.3) is 0 Å². The van der Waals surface area contributed by atoms with Gasteiger partial charge in [0.25, 0.3) is 0 Å². The number of benzene rings is 2. The number of carbonyl (C=O) groups is 1. The molecule has 116 valence electrons. The second kappa shape index (κ2) is 6.85. The number of primary amides is 1. The number of hydrogen-bond acceptors (Lipinski definition) is 4. The quantitative estimate of drug-likeness (QED) is 0.890. The third-order valence-corrected chi connectivity index (χ3v) is 3.38. The maximum absolute atomic E-state index is 11.0. The van der Waals surface area contributed by atoms with Crippen LogP contribution in [0.2, 0.25) is 0 Å². The summed E-state index contributed by atoms with van der Waals surface area (Å²) in [6.07, 6.45) is 0. The van der Waals surface area contributed by atoms with Gasteiger partial charge in [-0.05, 0) is 54.4 Å². The number of carbonyl (C=O) groups excluding carboxylic acids is 1. The van der Waals surface area contributed by atoms with Crippen LogP contribution in [0.3, 0.4) is 0 Å². The lowest BCUT2D eigenvalue weighted by Crippen LogP contribution is -2.10. The molecule has 22 heavy (non-hydrogen) atoms. The molecular weight excluding hydrogens is 282 g/mol. The fourth-order valence-corrected chi connectivity index (χ4v) is 2.05. The van der Waals surface area contributed by atoms with Gasteiger partial charge in [0.05, 0.1) is 14.2 Å². The Morgan fingerprint density at radius 3 is 2.18 bits per heavy atom. The largest absolute Gasteiger partial charge is 0.493 e. The van der Waals surface area contributed by atoms with Crippen molar-refractivity contribution in [3.8, 4) is 17.2 Å². The summed E-state index contributed by atoms with van der Waals surface area (Å²) in [6, 6.07) is 10.5. The minimum atomic E-state index is -0.456. The van der Waals surface area contributed by atoms with Gasteiger partial charge in [0.2, 0.25) is 5.91 Å². The van der Waals surface area contributed by atoms with Crippen LogP contribution < -0.4 is 19.9 Å². The molecule has 2 rings (SSSR count). The van der Waals surface area contributed by atoms with E-state index in [0.717, 1.165) is 11.1 Å². The molecule has 0 aliphatic rings. The topological polar surface area (TPSA) is 70.8 Å². The van der Waals surface area contributed by atoms with Crippen molar-refractivity contribution in [2.75, 3.05) is 14.2 Å². The molecule has 0 unspecified atom stereocenters. The Morgan fingerprint density at radius 2 is 1.64 bits per heavy atom. The molecule has 0 aliphatic carbocycles. The van der Waals surface area contributed by atoms with E-state index in [0.29, 0.717) is 29.4 Å². The van der Waals surface area contributed by atoms with Crippen LogP contribution in [0.5, 0.6) is 17.2 Å². The zero-order chi connectivity index (χ0) is 16.1. The van der Waals surface area contributed by atoms with E-state index < -0.39 is 5.91 Å². The molecule has 2 aromatic carbocycles. The van der Waals surface area contributed by atoms with E-state index in [-0.39, 0.29) is 0 Å². The lowest BCUT2D eigenvalue weighted by molar-refractivity contribution is 0.1000. The van der Waals surface area contributed by atoms with Crippen LogP contribution >= 0.6 is 0 Å². The van der Waals surface area contributed by atoms with Gasteiger partial charge in [-0.1, -0.05) is 0 Å². The molecule has 1 amide bonds. The molecule has 0 saturated carbocycles. The van der Waals surface area contributed by atoms with Crippen molar-refractivity contribution >= 4 is 5.91 Å². The van der Waals surface area contributed by atoms with Crippen molar-refractivity contribution in [2.24, 2.45) is 5.73 Å². The van der Waals surface area contributed by atoms with Crippen molar-refractivity contribution in [3.63, 3.8) is 0 Å². The highest BCUT2D eigenvalue weighted by molar-refractivity contribution is 5.92. The first-order valence-electron chi connectivity index (χ1n) is 6.79. The Morgan fingerprint density at radius 1 is 1.05 bits per heavy atom. The Balaban J connectivity index is 2.12. The molecular formula is C17H19NO4. The summed E-state index contributed by atoms with van der Waals surface area (Å²) in [5.74, 6) is 1.56. The highest BCUT2D eigenvalue weighted by Gasteiger charge is 2.09. The fraction of sp³-hybridized carbons (Fsp3) is 0.235. The molecule has 0 heterocycles. The molecule has 0 aromatic heterocycles. The van der Waals surface area contributed by atoms with Crippen LogP contribution in [0.4, 0.5) is 0 Å². The third kappa shape index (κ3) is 3.49. The van der Waals surface area contributed by atoms with E-state index in [1.54, 1.807) is 38.5 Å². The molecule has 5 heteroatoms. The van der Waals surface area contributed by atoms with Crippen molar-refractivity contribution in [1.82, 2.24) is 0 Å². The summed E-state index contributed by atoms with van der Waals surface area (Å²) < 4.78 is 16.3. The predicted molar refractivity (Wildman–Crippen MR) is 83.6 cm³/mol. The van der Waals surface area contributed by atoms with E-state index in [4.69, 9.17) is 19.9 Å². The molecule has 0 saturated heterocycles. The second-order valence-electron chi connectivity index (χ2n) is 4.81. The Kier molecular flexibility index (Phi) is 4.88. The lowest BCUT2D eigenvalue weighted by atomic mass is 10.1. The van der Waals surface area contributed by atoms with Crippen LogP contribution in [0.15, 0.2) is 36.4 Å². The minimum absolute atomic E-state index is 0.391. The number of rotatable bonds is 6. The molecule has 0 spiro atoms. The summed E-state index contributed by atoms with van der Waals surface area (Å²) in [5, 5.41) is 0. The zero-order valence-corrected chi connectivity index (χ0v) is 12.9. The number of ether oxygens (including phenoxy) is 3. The fourth-order valence-electron chi connectivity index (χ4n) is 2.05. The van der Waals surface area contributed by atoms with Crippen molar-refractivity contribution in [3.05, 3.63) is 53.1 Å². The highest BCUT2D eigenvalue weighted by atomic mass is 16.5. The SMILES string of the molecule is COc1cc(C)c(COc2ccc(C(N)=O)cc2)cc1OC. The Labute approximate surface area is 129 Å². The van der Waals surface area contributed by atoms with E-state index in [1.165, 1.54) is 0 Å². The van der Waals surface area contributed by atoms with E-state index in [2.05, 4.69) is 0 Å². The number of aryl methyl sites for hydroxylation is 1. The van der Waals surface area contributed by atoms with Gasteiger partial charge in [-0.25, -0.2) is 0 Å². The van der Waals surface area contributed by atoms with E-state index in [1.807, 2.05) is 19.1 Å². The van der Waals surface area contributed by atoms with Crippen molar-refractivity contribution in [2.45, 2.75) is 13.5 Å². The summed E-state index contributed by atoms with van der Waals surface area (Å²) in [4.78, 5) is 11.0. The molecule has 2 N–H and O–H groups in total. The molecule has 0 radical (unpaired) electrons. The average Bonchev–Trinajstić information content (AvgIpc) is 2.53.